The molecule has 1 aromatic rings. The number of amides is 1. The molecule has 3 N–H and O–H groups in total. The van der Waals surface area contributed by atoms with Crippen LogP contribution in [0.25, 0.3) is 0 Å². The van der Waals surface area contributed by atoms with Crippen LogP contribution in [0.15, 0.2) is 24.3 Å². The quantitative estimate of drug-likeness (QED) is 0.706. The first kappa shape index (κ1) is 12.2. The summed E-state index contributed by atoms with van der Waals surface area (Å²) in [5.74, 6) is -1.20. The summed E-state index contributed by atoms with van der Waals surface area (Å²) in [6, 6.07) is 7.26. The molecule has 0 saturated carbocycles. The van der Waals surface area contributed by atoms with Gasteiger partial charge in [0.15, 0.2) is 0 Å². The summed E-state index contributed by atoms with van der Waals surface area (Å²) >= 11 is 0. The maximum Gasteiger partial charge on any atom is 0.300 e. The highest BCUT2D eigenvalue weighted by atomic mass is 16.4. The van der Waals surface area contributed by atoms with Crippen LogP contribution in [0.4, 0.5) is 0 Å². The number of carboxylic acids is 1. The molecule has 0 aliphatic carbocycles. The molecule has 1 aromatic carbocycles. The Morgan fingerprint density at radius 2 is 1.71 bits per heavy atom. The molecule has 0 unspecified atom stereocenters. The Balaban J connectivity index is 0.000000364. The molecule has 4 nitrogen and oxygen atoms in total. The van der Waals surface area contributed by atoms with Gasteiger partial charge in [0.2, 0.25) is 5.91 Å². The van der Waals surface area contributed by atoms with Crippen molar-refractivity contribution in [2.24, 2.45) is 5.73 Å². The summed E-state index contributed by atoms with van der Waals surface area (Å²) in [6.45, 7) is 2.94. The number of hydrogen-bond acceptors (Lipinski definition) is 2. The molecule has 4 heteroatoms. The number of aryl methyl sites for hydroxylation is 1. The fourth-order valence-corrected chi connectivity index (χ4v) is 0.849. The van der Waals surface area contributed by atoms with Gasteiger partial charge in [0.05, 0.1) is 0 Å². The van der Waals surface area contributed by atoms with Gasteiger partial charge in [-0.25, -0.2) is 0 Å². The van der Waals surface area contributed by atoms with Crippen LogP contribution >= 0.6 is 0 Å². The highest BCUT2D eigenvalue weighted by Crippen LogP contribution is 2.04. The van der Waals surface area contributed by atoms with E-state index >= 15 is 0 Å². The van der Waals surface area contributed by atoms with E-state index in [0.29, 0.717) is 5.56 Å². The number of nitrogens with two attached hydrogens (primary N) is 1. The predicted octanol–water partition coefficient (Wildman–Crippen LogP) is 1.18. The van der Waals surface area contributed by atoms with E-state index in [2.05, 4.69) is 0 Å². The van der Waals surface area contributed by atoms with E-state index < -0.39 is 5.97 Å². The first-order valence-electron chi connectivity index (χ1n) is 4.00. The second-order valence-corrected chi connectivity index (χ2v) is 2.70. The molecule has 0 saturated heterocycles. The maximum atomic E-state index is 10.6. The van der Waals surface area contributed by atoms with Crippen LogP contribution in [0.1, 0.15) is 22.8 Å². The van der Waals surface area contributed by atoms with Crippen LogP contribution in [0.5, 0.6) is 0 Å². The zero-order valence-corrected chi connectivity index (χ0v) is 8.15. The third kappa shape index (κ3) is 4.92. The predicted molar refractivity (Wildman–Crippen MR) is 53.0 cm³/mol. The molecule has 0 heterocycles. The number of hydrogen-bond donors (Lipinski definition) is 2. The van der Waals surface area contributed by atoms with Crippen LogP contribution < -0.4 is 5.73 Å². The van der Waals surface area contributed by atoms with Crippen molar-refractivity contribution in [3.8, 4) is 0 Å². The standard InChI is InChI=1S/C8H9NO.C2H4O2/c1-6-4-2-3-5-7(6)8(9)10;1-2(3)4/h2-5H,1H3,(H2,9,10);1H3,(H,3,4). The van der Waals surface area contributed by atoms with Crippen molar-refractivity contribution in [1.82, 2.24) is 0 Å². The molecule has 0 aromatic heterocycles. The van der Waals surface area contributed by atoms with E-state index in [-0.39, 0.29) is 5.91 Å². The number of carbonyl (C=O) groups excluding carboxylic acids is 1. The Morgan fingerprint density at radius 1 is 1.29 bits per heavy atom. The van der Waals surface area contributed by atoms with Crippen molar-refractivity contribution < 1.29 is 14.7 Å². The fraction of sp³-hybridized carbons (Fsp3) is 0.200. The molecule has 0 aliphatic heterocycles. The van der Waals surface area contributed by atoms with Crippen LogP contribution in [0.3, 0.4) is 0 Å². The number of carbonyl (C=O) groups is 2. The van der Waals surface area contributed by atoms with Gasteiger partial charge in [-0.15, -0.1) is 0 Å². The number of carboxylic acid groups (broad SMARTS) is 1. The van der Waals surface area contributed by atoms with Crippen molar-refractivity contribution in [2.45, 2.75) is 13.8 Å². The average molecular weight is 195 g/mol. The lowest BCUT2D eigenvalue weighted by Gasteiger charge is -1.97. The zero-order valence-electron chi connectivity index (χ0n) is 8.15. The lowest BCUT2D eigenvalue weighted by Crippen LogP contribution is -2.12. The van der Waals surface area contributed by atoms with Gasteiger partial charge in [0, 0.05) is 12.5 Å². The number of aliphatic carboxylic acids is 1. The molecule has 1 rings (SSSR count). The third-order valence-electron chi connectivity index (χ3n) is 1.41. The van der Waals surface area contributed by atoms with Crippen LogP contribution in [0.2, 0.25) is 0 Å². The Labute approximate surface area is 82.4 Å². The van der Waals surface area contributed by atoms with E-state index in [1.165, 1.54) is 0 Å². The maximum absolute atomic E-state index is 10.6. The molecule has 0 aliphatic rings. The van der Waals surface area contributed by atoms with Gasteiger partial charge in [-0.3, -0.25) is 9.59 Å². The smallest absolute Gasteiger partial charge is 0.300 e. The molecule has 1 amide bonds. The summed E-state index contributed by atoms with van der Waals surface area (Å²) in [5, 5.41) is 7.42. The first-order chi connectivity index (χ1) is 6.45. The number of rotatable bonds is 1. The highest BCUT2D eigenvalue weighted by Gasteiger charge is 2.00. The molecular weight excluding hydrogens is 182 g/mol. The van der Waals surface area contributed by atoms with Gasteiger partial charge in [-0.2, -0.15) is 0 Å². The lowest BCUT2D eigenvalue weighted by atomic mass is 10.1. The molecule has 0 atom stereocenters. The normalized spacial score (nSPS) is 8.43. The highest BCUT2D eigenvalue weighted by molar-refractivity contribution is 5.94. The molecule has 0 radical (unpaired) electrons. The minimum Gasteiger partial charge on any atom is -0.481 e. The van der Waals surface area contributed by atoms with Gasteiger partial charge < -0.3 is 10.8 Å². The average Bonchev–Trinajstić information content (AvgIpc) is 2.03. The summed E-state index contributed by atoms with van der Waals surface area (Å²) in [5.41, 5.74) is 6.60. The van der Waals surface area contributed by atoms with Gasteiger partial charge in [0.25, 0.3) is 5.97 Å². The second-order valence-electron chi connectivity index (χ2n) is 2.70. The Morgan fingerprint density at radius 3 is 2.00 bits per heavy atom. The Hall–Kier alpha value is -1.84. The van der Waals surface area contributed by atoms with E-state index in [1.54, 1.807) is 12.1 Å². The van der Waals surface area contributed by atoms with E-state index in [1.807, 2.05) is 19.1 Å². The lowest BCUT2D eigenvalue weighted by molar-refractivity contribution is -0.134. The van der Waals surface area contributed by atoms with Gasteiger partial charge in [-0.1, -0.05) is 18.2 Å². The van der Waals surface area contributed by atoms with Crippen molar-refractivity contribution in [3.63, 3.8) is 0 Å². The Kier molecular flexibility index (Phi) is 4.99. The largest absolute Gasteiger partial charge is 0.481 e. The van der Waals surface area contributed by atoms with E-state index in [4.69, 9.17) is 15.6 Å². The SMILES string of the molecule is CC(=O)O.Cc1ccccc1C(N)=O. The second kappa shape index (κ2) is 5.75. The van der Waals surface area contributed by atoms with Gasteiger partial charge in [0.1, 0.15) is 0 Å². The van der Waals surface area contributed by atoms with Crippen LogP contribution in [0, 0.1) is 6.92 Å². The summed E-state index contributed by atoms with van der Waals surface area (Å²) in [7, 11) is 0. The van der Waals surface area contributed by atoms with E-state index in [9.17, 15) is 4.79 Å². The number of benzene rings is 1. The molecule has 14 heavy (non-hydrogen) atoms. The van der Waals surface area contributed by atoms with E-state index in [0.717, 1.165) is 12.5 Å². The third-order valence-corrected chi connectivity index (χ3v) is 1.41. The molecule has 76 valence electrons. The van der Waals surface area contributed by atoms with Gasteiger partial charge in [-0.05, 0) is 18.6 Å². The van der Waals surface area contributed by atoms with Crippen molar-refractivity contribution >= 4 is 11.9 Å². The summed E-state index contributed by atoms with van der Waals surface area (Å²) in [4.78, 5) is 19.6. The molecule has 0 bridgehead atoms. The van der Waals surface area contributed by atoms with Crippen LogP contribution in [-0.4, -0.2) is 17.0 Å². The molecule has 0 spiro atoms. The molecular formula is C10H13NO3. The van der Waals surface area contributed by atoms with Crippen molar-refractivity contribution in [3.05, 3.63) is 35.4 Å². The number of primary amides is 1. The monoisotopic (exact) mass is 195 g/mol. The topological polar surface area (TPSA) is 80.4 Å². The first-order valence-corrected chi connectivity index (χ1v) is 4.00. The summed E-state index contributed by atoms with van der Waals surface area (Å²) in [6.07, 6.45) is 0. The van der Waals surface area contributed by atoms with Crippen molar-refractivity contribution in [1.29, 1.82) is 0 Å². The van der Waals surface area contributed by atoms with Crippen molar-refractivity contribution in [2.75, 3.05) is 0 Å². The van der Waals surface area contributed by atoms with Gasteiger partial charge >= 0.3 is 0 Å². The minimum absolute atomic E-state index is 0.363. The Bertz CT molecular complexity index is 330. The summed E-state index contributed by atoms with van der Waals surface area (Å²) < 4.78 is 0. The molecule has 0 fully saturated rings. The minimum atomic E-state index is -0.833. The zero-order chi connectivity index (χ0) is 11.1. The fourth-order valence-electron chi connectivity index (χ4n) is 0.849. The van der Waals surface area contributed by atoms with Crippen LogP contribution in [-0.2, 0) is 4.79 Å².